The zero-order valence-corrected chi connectivity index (χ0v) is 24.4. The lowest BCUT2D eigenvalue weighted by Crippen LogP contribution is -2.26. The van der Waals surface area contributed by atoms with Crippen molar-refractivity contribution < 1.29 is 32.3 Å². The molecule has 0 saturated heterocycles. The monoisotopic (exact) mass is 617 g/mol. The Morgan fingerprint density at radius 3 is 2.49 bits per heavy atom. The van der Waals surface area contributed by atoms with E-state index in [1.165, 1.54) is 18.2 Å². The first-order valence-electron chi connectivity index (χ1n) is 14.0. The Hall–Kier alpha value is -5.36. The Kier molecular flexibility index (Phi) is 9.05. The maximum atomic E-state index is 13.0. The van der Waals surface area contributed by atoms with Crippen LogP contribution >= 0.6 is 0 Å². The van der Waals surface area contributed by atoms with Gasteiger partial charge in [-0.1, -0.05) is 12.1 Å². The van der Waals surface area contributed by atoms with E-state index in [4.69, 9.17) is 4.74 Å². The van der Waals surface area contributed by atoms with Gasteiger partial charge in [-0.05, 0) is 81.7 Å². The fourth-order valence-electron chi connectivity index (χ4n) is 4.67. The summed E-state index contributed by atoms with van der Waals surface area (Å²) in [5.41, 5.74) is 1.92. The van der Waals surface area contributed by atoms with Crippen molar-refractivity contribution in [1.82, 2.24) is 15.2 Å². The summed E-state index contributed by atoms with van der Waals surface area (Å²) in [6.07, 6.45) is -0.478. The lowest BCUT2D eigenvalue weighted by Gasteiger charge is -2.11. The Bertz CT molecular complexity index is 1780. The number of alkyl halides is 3. The normalized spacial score (nSPS) is 13.5. The third-order valence-corrected chi connectivity index (χ3v) is 6.89. The van der Waals surface area contributed by atoms with Crippen molar-refractivity contribution in [2.45, 2.75) is 12.6 Å². The first-order chi connectivity index (χ1) is 21.5. The van der Waals surface area contributed by atoms with Crippen LogP contribution in [0.1, 0.15) is 44.0 Å². The van der Waals surface area contributed by atoms with Crippen molar-refractivity contribution in [3.8, 4) is 11.5 Å². The van der Waals surface area contributed by atoms with Crippen LogP contribution in [0.15, 0.2) is 79.0 Å². The number of amides is 3. The summed E-state index contributed by atoms with van der Waals surface area (Å²) in [6.45, 7) is 1.42. The lowest BCUT2D eigenvalue weighted by molar-refractivity contribution is -0.137. The van der Waals surface area contributed by atoms with Crippen LogP contribution in [-0.2, 0) is 11.0 Å². The fraction of sp³-hybridized carbons (Fsp3) is 0.182. The van der Waals surface area contributed by atoms with Gasteiger partial charge in [0.15, 0.2) is 0 Å². The predicted octanol–water partition coefficient (Wildman–Crippen LogP) is 6.25. The van der Waals surface area contributed by atoms with E-state index in [2.05, 4.69) is 20.9 Å². The number of halogens is 3. The molecular formula is C33H30F3N5O4. The van der Waals surface area contributed by atoms with Gasteiger partial charge in [0, 0.05) is 47.4 Å². The van der Waals surface area contributed by atoms with Crippen molar-refractivity contribution in [3.63, 3.8) is 0 Å². The maximum absolute atomic E-state index is 13.0. The van der Waals surface area contributed by atoms with Gasteiger partial charge in [-0.25, -0.2) is 0 Å². The van der Waals surface area contributed by atoms with Gasteiger partial charge in [0.25, 0.3) is 17.7 Å². The number of anilines is 2. The lowest BCUT2D eigenvalue weighted by atomic mass is 10.1. The van der Waals surface area contributed by atoms with Crippen molar-refractivity contribution in [1.29, 1.82) is 0 Å². The summed E-state index contributed by atoms with van der Waals surface area (Å²) in [5.74, 6) is -0.453. The molecule has 0 aliphatic carbocycles. The highest BCUT2D eigenvalue weighted by molar-refractivity contribution is 6.35. The van der Waals surface area contributed by atoms with E-state index >= 15 is 0 Å². The highest BCUT2D eigenvalue weighted by atomic mass is 19.4. The van der Waals surface area contributed by atoms with E-state index in [1.807, 2.05) is 19.0 Å². The average molecular weight is 618 g/mol. The van der Waals surface area contributed by atoms with E-state index in [1.54, 1.807) is 54.7 Å². The van der Waals surface area contributed by atoms with Gasteiger partial charge in [-0.15, -0.1) is 0 Å². The molecule has 3 amide bonds. The number of hydrogen-bond donors (Lipinski definition) is 4. The molecule has 0 bridgehead atoms. The number of carbonyl (C=O) groups is 3. The number of ether oxygens (including phenoxy) is 1. The molecule has 2 heterocycles. The number of fused-ring (bicyclic) bond motifs is 1. The Morgan fingerprint density at radius 2 is 1.71 bits per heavy atom. The minimum atomic E-state index is -4.56. The van der Waals surface area contributed by atoms with Crippen LogP contribution in [0, 0.1) is 0 Å². The van der Waals surface area contributed by atoms with Gasteiger partial charge in [0.2, 0.25) is 0 Å². The highest BCUT2D eigenvalue weighted by Gasteiger charge is 2.31. The molecule has 12 heteroatoms. The number of benzene rings is 3. The summed E-state index contributed by atoms with van der Waals surface area (Å²) >= 11 is 0. The Balaban J connectivity index is 1.24. The number of nitrogens with one attached hydrogen (secondary N) is 4. The van der Waals surface area contributed by atoms with Crippen molar-refractivity contribution in [2.75, 3.05) is 37.8 Å². The van der Waals surface area contributed by atoms with E-state index in [-0.39, 0.29) is 17.4 Å². The number of hydrogen-bond acceptors (Lipinski definition) is 5. The number of aromatic amines is 1. The zero-order chi connectivity index (χ0) is 32.1. The highest BCUT2D eigenvalue weighted by Crippen LogP contribution is 2.37. The minimum Gasteiger partial charge on any atom is -0.457 e. The molecule has 45 heavy (non-hydrogen) atoms. The molecule has 9 nitrogen and oxygen atoms in total. The molecule has 5 rings (SSSR count). The topological polar surface area (TPSA) is 116 Å². The molecule has 0 spiro atoms. The summed E-state index contributed by atoms with van der Waals surface area (Å²) in [7, 11) is 3.94. The van der Waals surface area contributed by atoms with E-state index in [0.717, 1.165) is 25.1 Å². The second kappa shape index (κ2) is 13.1. The standard InChI is InChI=1S/C33H30F3N5O4/c1-41(2)13-5-12-37-30(42)21-15-24(38-19-21)17-28-27-11-10-26(18-29(27)40-32(28)44)45-25-9-4-8-23(16-25)39-31(43)20-6-3-7-22(14-20)33(34,35)36/h3-4,6-11,14-19,38H,5,12-13H2,1-2H3,(H,37,42)(H,39,43)(H,40,44). The van der Waals surface area contributed by atoms with Gasteiger partial charge in [-0.3, -0.25) is 14.4 Å². The molecule has 232 valence electrons. The molecule has 1 aromatic heterocycles. The average Bonchev–Trinajstić information content (AvgIpc) is 3.59. The third kappa shape index (κ3) is 7.78. The van der Waals surface area contributed by atoms with Gasteiger partial charge < -0.3 is 30.6 Å². The third-order valence-electron chi connectivity index (χ3n) is 6.89. The second-order valence-electron chi connectivity index (χ2n) is 10.6. The molecule has 1 aliphatic heterocycles. The van der Waals surface area contributed by atoms with E-state index in [9.17, 15) is 27.6 Å². The maximum Gasteiger partial charge on any atom is 0.416 e. The van der Waals surface area contributed by atoms with Gasteiger partial charge in [-0.2, -0.15) is 13.2 Å². The first kappa shape index (κ1) is 31.1. The molecule has 0 atom stereocenters. The fourth-order valence-corrected chi connectivity index (χ4v) is 4.67. The molecule has 0 saturated carbocycles. The summed E-state index contributed by atoms with van der Waals surface area (Å²) in [6, 6.07) is 17.3. The molecule has 0 unspecified atom stereocenters. The SMILES string of the molecule is CN(C)CCCNC(=O)c1c[nH]c(C=C2C(=O)Nc3cc(Oc4cccc(NC(=O)c5cccc(C(F)(F)F)c5)c4)ccc32)c1. The van der Waals surface area contributed by atoms with Gasteiger partial charge in [0.1, 0.15) is 11.5 Å². The van der Waals surface area contributed by atoms with E-state index in [0.29, 0.717) is 51.8 Å². The molecule has 3 aromatic carbocycles. The Labute approximate surface area is 257 Å². The van der Waals surface area contributed by atoms with Crippen LogP contribution in [-0.4, -0.2) is 54.8 Å². The number of carbonyl (C=O) groups excluding carboxylic acids is 3. The van der Waals surface area contributed by atoms with Crippen LogP contribution in [0.5, 0.6) is 11.5 Å². The Morgan fingerprint density at radius 1 is 0.933 bits per heavy atom. The van der Waals surface area contributed by atoms with Crippen molar-refractivity contribution in [2.24, 2.45) is 0 Å². The summed E-state index contributed by atoms with van der Waals surface area (Å²) < 4.78 is 45.1. The molecule has 1 aliphatic rings. The van der Waals surface area contributed by atoms with Gasteiger partial charge >= 0.3 is 6.18 Å². The number of aromatic nitrogens is 1. The quantitative estimate of drug-likeness (QED) is 0.124. The van der Waals surface area contributed by atoms with Crippen LogP contribution in [0.2, 0.25) is 0 Å². The summed E-state index contributed by atoms with van der Waals surface area (Å²) in [5, 5.41) is 8.28. The molecule has 4 N–H and O–H groups in total. The summed E-state index contributed by atoms with van der Waals surface area (Å²) in [4.78, 5) is 42.9. The second-order valence-corrected chi connectivity index (χ2v) is 10.6. The molecule has 4 aromatic rings. The van der Waals surface area contributed by atoms with Crippen LogP contribution < -0.4 is 20.7 Å². The van der Waals surface area contributed by atoms with Crippen LogP contribution in [0.25, 0.3) is 11.6 Å². The van der Waals surface area contributed by atoms with Crippen LogP contribution in [0.4, 0.5) is 24.5 Å². The van der Waals surface area contributed by atoms with Crippen molar-refractivity contribution in [3.05, 3.63) is 107 Å². The number of rotatable bonds is 10. The first-order valence-corrected chi connectivity index (χ1v) is 14.0. The predicted molar refractivity (Wildman–Crippen MR) is 165 cm³/mol. The molecular weight excluding hydrogens is 587 g/mol. The minimum absolute atomic E-state index is 0.135. The van der Waals surface area contributed by atoms with Crippen LogP contribution in [0.3, 0.4) is 0 Å². The largest absolute Gasteiger partial charge is 0.457 e. The molecule has 0 radical (unpaired) electrons. The van der Waals surface area contributed by atoms with Gasteiger partial charge in [0.05, 0.1) is 22.4 Å². The number of nitrogens with zero attached hydrogens (tertiary/aromatic N) is 1. The smallest absolute Gasteiger partial charge is 0.416 e. The molecule has 0 fully saturated rings. The van der Waals surface area contributed by atoms with Crippen molar-refractivity contribution >= 4 is 40.7 Å². The number of H-pyrrole nitrogens is 1. The zero-order valence-electron chi connectivity index (χ0n) is 24.4. The van der Waals surface area contributed by atoms with E-state index < -0.39 is 17.6 Å².